The highest BCUT2D eigenvalue weighted by Crippen LogP contribution is 2.13. The second-order valence-corrected chi connectivity index (χ2v) is 4.12. The lowest BCUT2D eigenvalue weighted by Gasteiger charge is -2.29. The molecule has 0 unspecified atom stereocenters. The van der Waals surface area contributed by atoms with E-state index in [1.807, 2.05) is 12.1 Å². The van der Waals surface area contributed by atoms with Gasteiger partial charge in [-0.25, -0.2) is 4.98 Å². The molecule has 0 bridgehead atoms. The largest absolute Gasteiger partial charge is 0.392 e. The number of likely N-dealkylation sites (tertiary alicyclic amines) is 1. The number of pyridine rings is 1. The van der Waals surface area contributed by atoms with Gasteiger partial charge < -0.3 is 10.8 Å². The average Bonchev–Trinajstić information content (AvgIpc) is 2.22. The smallest absolute Gasteiger partial charge is 0.123 e. The van der Waals surface area contributed by atoms with Gasteiger partial charge in [0.25, 0.3) is 0 Å². The number of β-amino-alcohol motifs (C(OH)–C–C–N with tert-alkyl or cyclic N) is 1. The minimum Gasteiger partial charge on any atom is -0.392 e. The third-order valence-electron chi connectivity index (χ3n) is 2.73. The minimum atomic E-state index is -0.166. The van der Waals surface area contributed by atoms with E-state index in [1.54, 1.807) is 6.20 Å². The highest BCUT2D eigenvalue weighted by Gasteiger charge is 2.17. The van der Waals surface area contributed by atoms with E-state index in [-0.39, 0.29) is 6.10 Å². The first kappa shape index (κ1) is 10.4. The van der Waals surface area contributed by atoms with Gasteiger partial charge in [0.2, 0.25) is 0 Å². The summed E-state index contributed by atoms with van der Waals surface area (Å²) in [6.45, 7) is 2.68. The lowest BCUT2D eigenvalue weighted by Crippen LogP contribution is -2.37. The lowest BCUT2D eigenvalue weighted by molar-refractivity contribution is 0.0668. The zero-order chi connectivity index (χ0) is 10.7. The maximum atomic E-state index is 9.52. The molecule has 0 aliphatic carbocycles. The van der Waals surface area contributed by atoms with Crippen LogP contribution in [0.1, 0.15) is 18.4 Å². The Morgan fingerprint density at radius 2 is 2.40 bits per heavy atom. The molecule has 82 valence electrons. The Morgan fingerprint density at radius 1 is 1.53 bits per heavy atom. The summed E-state index contributed by atoms with van der Waals surface area (Å²) in [5.74, 6) is 0.553. The highest BCUT2D eigenvalue weighted by molar-refractivity contribution is 5.29. The monoisotopic (exact) mass is 207 g/mol. The Balaban J connectivity index is 1.93. The van der Waals surface area contributed by atoms with Crippen LogP contribution in [0.3, 0.4) is 0 Å². The number of aliphatic hydroxyl groups is 1. The fraction of sp³-hybridized carbons (Fsp3) is 0.545. The normalized spacial score (nSPS) is 22.9. The van der Waals surface area contributed by atoms with Gasteiger partial charge in [0, 0.05) is 19.3 Å². The summed E-state index contributed by atoms with van der Waals surface area (Å²) in [4.78, 5) is 6.30. The summed E-state index contributed by atoms with van der Waals surface area (Å²) in [5.41, 5.74) is 6.67. The van der Waals surface area contributed by atoms with Crippen molar-refractivity contribution in [3.05, 3.63) is 23.9 Å². The molecule has 0 spiro atoms. The van der Waals surface area contributed by atoms with E-state index in [1.165, 1.54) is 0 Å². The third-order valence-corrected chi connectivity index (χ3v) is 2.73. The van der Waals surface area contributed by atoms with Gasteiger partial charge >= 0.3 is 0 Å². The summed E-state index contributed by atoms with van der Waals surface area (Å²) in [6, 6.07) is 3.80. The standard InChI is InChI=1S/C11H17N3O/c12-11-4-3-9(6-13-11)7-14-5-1-2-10(15)8-14/h3-4,6,10,15H,1-2,5,7-8H2,(H2,12,13)/t10-/m1/s1. The molecule has 0 radical (unpaired) electrons. The molecule has 2 heterocycles. The number of nitrogen functional groups attached to an aromatic ring is 1. The molecule has 0 aromatic carbocycles. The number of hydrogen-bond acceptors (Lipinski definition) is 4. The number of aromatic nitrogens is 1. The molecule has 1 aromatic heterocycles. The maximum absolute atomic E-state index is 9.52. The van der Waals surface area contributed by atoms with Crippen molar-refractivity contribution in [2.24, 2.45) is 0 Å². The number of nitrogens with two attached hydrogens (primary N) is 1. The van der Waals surface area contributed by atoms with Gasteiger partial charge in [-0.05, 0) is 31.0 Å². The first-order chi connectivity index (χ1) is 7.24. The maximum Gasteiger partial charge on any atom is 0.123 e. The fourth-order valence-corrected chi connectivity index (χ4v) is 1.96. The van der Waals surface area contributed by atoms with Crippen molar-refractivity contribution in [3.63, 3.8) is 0 Å². The van der Waals surface area contributed by atoms with Crippen molar-refractivity contribution in [3.8, 4) is 0 Å². The van der Waals surface area contributed by atoms with Crippen LogP contribution in [-0.2, 0) is 6.54 Å². The Bertz CT molecular complexity index is 312. The van der Waals surface area contributed by atoms with Crippen molar-refractivity contribution in [2.45, 2.75) is 25.5 Å². The number of hydrogen-bond donors (Lipinski definition) is 2. The first-order valence-corrected chi connectivity index (χ1v) is 5.35. The number of anilines is 1. The Labute approximate surface area is 89.7 Å². The van der Waals surface area contributed by atoms with Crippen molar-refractivity contribution >= 4 is 5.82 Å². The van der Waals surface area contributed by atoms with Crippen LogP contribution in [0, 0.1) is 0 Å². The van der Waals surface area contributed by atoms with Crippen LogP contribution < -0.4 is 5.73 Å². The molecular formula is C11H17N3O. The van der Waals surface area contributed by atoms with Gasteiger partial charge in [0.15, 0.2) is 0 Å². The summed E-state index contributed by atoms with van der Waals surface area (Å²) >= 11 is 0. The van der Waals surface area contributed by atoms with Gasteiger partial charge in [-0.15, -0.1) is 0 Å². The number of nitrogens with zero attached hydrogens (tertiary/aromatic N) is 2. The van der Waals surface area contributed by atoms with Crippen molar-refractivity contribution in [1.82, 2.24) is 9.88 Å². The third kappa shape index (κ3) is 2.91. The molecule has 3 N–H and O–H groups in total. The molecule has 1 aliphatic rings. The van der Waals surface area contributed by atoms with Gasteiger partial charge in [0.05, 0.1) is 6.10 Å². The van der Waals surface area contributed by atoms with E-state index in [0.717, 1.165) is 38.0 Å². The minimum absolute atomic E-state index is 0.166. The number of rotatable bonds is 2. The molecule has 1 aromatic rings. The summed E-state index contributed by atoms with van der Waals surface area (Å²) in [6.07, 6.45) is 3.64. The van der Waals surface area contributed by atoms with Gasteiger partial charge in [0.1, 0.15) is 5.82 Å². The second-order valence-electron chi connectivity index (χ2n) is 4.12. The van der Waals surface area contributed by atoms with E-state index in [2.05, 4.69) is 9.88 Å². The molecule has 1 saturated heterocycles. The average molecular weight is 207 g/mol. The molecular weight excluding hydrogens is 190 g/mol. The van der Waals surface area contributed by atoms with E-state index in [4.69, 9.17) is 5.73 Å². The van der Waals surface area contributed by atoms with E-state index >= 15 is 0 Å². The van der Waals surface area contributed by atoms with Crippen molar-refractivity contribution < 1.29 is 5.11 Å². The number of piperidine rings is 1. The van der Waals surface area contributed by atoms with Crippen LogP contribution in [-0.4, -0.2) is 34.2 Å². The summed E-state index contributed by atoms with van der Waals surface area (Å²) < 4.78 is 0. The molecule has 1 aliphatic heterocycles. The molecule has 1 fully saturated rings. The SMILES string of the molecule is Nc1ccc(CN2CCC[C@@H](O)C2)cn1. The Kier molecular flexibility index (Phi) is 3.18. The molecule has 0 amide bonds. The molecule has 1 atom stereocenters. The van der Waals surface area contributed by atoms with Crippen LogP contribution in [0.25, 0.3) is 0 Å². The van der Waals surface area contributed by atoms with Crippen LogP contribution >= 0.6 is 0 Å². The lowest BCUT2D eigenvalue weighted by atomic mass is 10.1. The second kappa shape index (κ2) is 4.59. The quantitative estimate of drug-likeness (QED) is 0.746. The van der Waals surface area contributed by atoms with E-state index in [0.29, 0.717) is 5.82 Å². The van der Waals surface area contributed by atoms with Crippen molar-refractivity contribution in [2.75, 3.05) is 18.8 Å². The highest BCUT2D eigenvalue weighted by atomic mass is 16.3. The Hall–Kier alpha value is -1.13. The van der Waals surface area contributed by atoms with Gasteiger partial charge in [-0.3, -0.25) is 4.90 Å². The first-order valence-electron chi connectivity index (χ1n) is 5.35. The molecule has 0 saturated carbocycles. The van der Waals surface area contributed by atoms with Crippen LogP contribution in [0.2, 0.25) is 0 Å². The zero-order valence-corrected chi connectivity index (χ0v) is 8.76. The van der Waals surface area contributed by atoms with Gasteiger partial charge in [-0.2, -0.15) is 0 Å². The topological polar surface area (TPSA) is 62.4 Å². The van der Waals surface area contributed by atoms with Crippen LogP contribution in [0.5, 0.6) is 0 Å². The fourth-order valence-electron chi connectivity index (χ4n) is 1.96. The van der Waals surface area contributed by atoms with Crippen molar-refractivity contribution in [1.29, 1.82) is 0 Å². The molecule has 2 rings (SSSR count). The Morgan fingerprint density at radius 3 is 3.07 bits per heavy atom. The number of aliphatic hydroxyl groups excluding tert-OH is 1. The van der Waals surface area contributed by atoms with Crippen LogP contribution in [0.15, 0.2) is 18.3 Å². The summed E-state index contributed by atoms with van der Waals surface area (Å²) in [7, 11) is 0. The molecule has 4 heteroatoms. The van der Waals surface area contributed by atoms with E-state index in [9.17, 15) is 5.11 Å². The molecule has 4 nitrogen and oxygen atoms in total. The van der Waals surface area contributed by atoms with Gasteiger partial charge in [-0.1, -0.05) is 6.07 Å². The summed E-state index contributed by atoms with van der Waals surface area (Å²) in [5, 5.41) is 9.52. The zero-order valence-electron chi connectivity index (χ0n) is 8.76. The van der Waals surface area contributed by atoms with E-state index < -0.39 is 0 Å². The van der Waals surface area contributed by atoms with Crippen LogP contribution in [0.4, 0.5) is 5.82 Å². The predicted molar refractivity (Wildman–Crippen MR) is 59.2 cm³/mol. The molecule has 15 heavy (non-hydrogen) atoms. The predicted octanol–water partition coefficient (Wildman–Crippen LogP) is 0.621.